The van der Waals surface area contributed by atoms with Gasteiger partial charge in [0, 0.05) is 6.07 Å². The molecule has 0 aliphatic carbocycles. The Morgan fingerprint density at radius 3 is 2.52 bits per heavy atom. The number of carbonyl (C=O) groups excluding carboxylic acids is 1. The minimum absolute atomic E-state index is 0.0440. The smallest absolute Gasteiger partial charge is 0.416 e. The SMILES string of the molecule is Cc1cc(F)ccc1Oc1cc(C(F)(F)F)ccc1C(=O)Nc1cn[nH]c(=O)c1. The van der Waals surface area contributed by atoms with Gasteiger partial charge in [-0.1, -0.05) is 0 Å². The standard InChI is InChI=1S/C19H13F4N3O3/c1-10-6-12(20)3-5-15(10)29-16-7-11(19(21,22)23)2-4-14(16)18(28)25-13-8-17(27)26-24-9-13/h2-9H,1H3,(H2,25,26,27,28). The van der Waals surface area contributed by atoms with E-state index in [9.17, 15) is 27.2 Å². The van der Waals surface area contributed by atoms with E-state index in [-0.39, 0.29) is 22.7 Å². The van der Waals surface area contributed by atoms with E-state index >= 15 is 0 Å². The zero-order valence-electron chi connectivity index (χ0n) is 14.8. The molecule has 0 aliphatic rings. The minimum Gasteiger partial charge on any atom is -0.456 e. The lowest BCUT2D eigenvalue weighted by molar-refractivity contribution is -0.137. The average Bonchev–Trinajstić information content (AvgIpc) is 2.63. The Balaban J connectivity index is 2.01. The number of nitrogens with zero attached hydrogens (tertiary/aromatic N) is 1. The summed E-state index contributed by atoms with van der Waals surface area (Å²) in [5.74, 6) is -1.66. The van der Waals surface area contributed by atoms with Crippen molar-refractivity contribution in [2.24, 2.45) is 0 Å². The Hall–Kier alpha value is -3.69. The Kier molecular flexibility index (Phi) is 5.35. The Morgan fingerprint density at radius 1 is 1.10 bits per heavy atom. The monoisotopic (exact) mass is 407 g/mol. The van der Waals surface area contributed by atoms with Gasteiger partial charge in [0.2, 0.25) is 0 Å². The first-order valence-corrected chi connectivity index (χ1v) is 8.15. The number of hydrogen-bond acceptors (Lipinski definition) is 4. The van der Waals surface area contributed by atoms with Gasteiger partial charge in [0.1, 0.15) is 17.3 Å². The summed E-state index contributed by atoms with van der Waals surface area (Å²) in [6.45, 7) is 1.51. The van der Waals surface area contributed by atoms with Crippen molar-refractivity contribution >= 4 is 11.6 Å². The van der Waals surface area contributed by atoms with Gasteiger partial charge in [0.25, 0.3) is 11.5 Å². The largest absolute Gasteiger partial charge is 0.456 e. The van der Waals surface area contributed by atoms with Gasteiger partial charge in [0.05, 0.1) is 23.0 Å². The zero-order valence-corrected chi connectivity index (χ0v) is 14.8. The van der Waals surface area contributed by atoms with Crippen molar-refractivity contribution in [1.82, 2.24) is 10.2 Å². The molecule has 150 valence electrons. The van der Waals surface area contributed by atoms with Crippen LogP contribution in [0.15, 0.2) is 53.5 Å². The van der Waals surface area contributed by atoms with Gasteiger partial charge in [0.15, 0.2) is 0 Å². The van der Waals surface area contributed by atoms with Crippen LogP contribution < -0.4 is 15.6 Å². The van der Waals surface area contributed by atoms with Gasteiger partial charge in [-0.25, -0.2) is 9.49 Å². The summed E-state index contributed by atoms with van der Waals surface area (Å²) in [6, 6.07) is 6.88. The quantitative estimate of drug-likeness (QED) is 0.633. The van der Waals surface area contributed by atoms with E-state index in [0.717, 1.165) is 36.5 Å². The third-order valence-electron chi connectivity index (χ3n) is 3.83. The minimum atomic E-state index is -4.67. The molecule has 3 aromatic rings. The molecule has 29 heavy (non-hydrogen) atoms. The van der Waals surface area contributed by atoms with Crippen molar-refractivity contribution in [2.45, 2.75) is 13.1 Å². The molecule has 0 spiro atoms. The molecule has 0 atom stereocenters. The molecular formula is C19H13F4N3O3. The summed E-state index contributed by atoms with van der Waals surface area (Å²) in [7, 11) is 0. The molecule has 1 amide bonds. The highest BCUT2D eigenvalue weighted by molar-refractivity contribution is 6.06. The fraction of sp³-hybridized carbons (Fsp3) is 0.105. The van der Waals surface area contributed by atoms with Gasteiger partial charge in [-0.2, -0.15) is 18.3 Å². The highest BCUT2D eigenvalue weighted by atomic mass is 19.4. The van der Waals surface area contributed by atoms with Crippen LogP contribution in [0.4, 0.5) is 23.2 Å². The van der Waals surface area contributed by atoms with E-state index in [0.29, 0.717) is 11.6 Å². The van der Waals surface area contributed by atoms with Gasteiger partial charge >= 0.3 is 6.18 Å². The summed E-state index contributed by atoms with van der Waals surface area (Å²) in [5.41, 5.74) is -1.45. The van der Waals surface area contributed by atoms with E-state index in [2.05, 4.69) is 15.5 Å². The number of aromatic nitrogens is 2. The Morgan fingerprint density at radius 2 is 1.86 bits per heavy atom. The predicted octanol–water partition coefficient (Wildman–Crippen LogP) is 4.28. The van der Waals surface area contributed by atoms with E-state index in [1.54, 1.807) is 0 Å². The molecule has 0 bridgehead atoms. The number of carbonyl (C=O) groups is 1. The number of rotatable bonds is 4. The molecule has 0 radical (unpaired) electrons. The van der Waals surface area contributed by atoms with Crippen LogP contribution in [0, 0.1) is 12.7 Å². The normalized spacial score (nSPS) is 11.2. The number of H-pyrrole nitrogens is 1. The van der Waals surface area contributed by atoms with E-state index in [1.165, 1.54) is 13.0 Å². The van der Waals surface area contributed by atoms with Crippen molar-refractivity contribution in [3.8, 4) is 11.5 Å². The lowest BCUT2D eigenvalue weighted by Gasteiger charge is -2.15. The summed E-state index contributed by atoms with van der Waals surface area (Å²) in [6.07, 6.45) is -3.50. The first kappa shape index (κ1) is 20.1. The fourth-order valence-electron chi connectivity index (χ4n) is 2.46. The van der Waals surface area contributed by atoms with E-state index in [4.69, 9.17) is 4.74 Å². The summed E-state index contributed by atoms with van der Waals surface area (Å²) >= 11 is 0. The first-order chi connectivity index (χ1) is 13.6. The van der Waals surface area contributed by atoms with Crippen LogP contribution in [0.3, 0.4) is 0 Å². The molecule has 10 heteroatoms. The number of nitrogens with one attached hydrogen (secondary N) is 2. The molecule has 2 aromatic carbocycles. The van der Waals surface area contributed by atoms with Crippen LogP contribution in [-0.4, -0.2) is 16.1 Å². The molecule has 0 aliphatic heterocycles. The molecule has 1 heterocycles. The third-order valence-corrected chi connectivity index (χ3v) is 3.83. The van der Waals surface area contributed by atoms with Gasteiger partial charge < -0.3 is 10.1 Å². The lowest BCUT2D eigenvalue weighted by atomic mass is 10.1. The second-order valence-corrected chi connectivity index (χ2v) is 6.01. The molecule has 0 saturated carbocycles. The van der Waals surface area contributed by atoms with Crippen molar-refractivity contribution in [1.29, 1.82) is 0 Å². The van der Waals surface area contributed by atoms with Crippen LogP contribution in [0.25, 0.3) is 0 Å². The molecular weight excluding hydrogens is 394 g/mol. The molecule has 3 rings (SSSR count). The number of anilines is 1. The number of benzene rings is 2. The number of amides is 1. The van der Waals surface area contributed by atoms with Crippen LogP contribution in [-0.2, 0) is 6.18 Å². The molecule has 2 N–H and O–H groups in total. The predicted molar refractivity (Wildman–Crippen MR) is 95.5 cm³/mol. The summed E-state index contributed by atoms with van der Waals surface area (Å²) < 4.78 is 58.1. The zero-order chi connectivity index (χ0) is 21.2. The number of alkyl halides is 3. The number of aromatic amines is 1. The maximum atomic E-state index is 13.3. The molecule has 1 aromatic heterocycles. The highest BCUT2D eigenvalue weighted by Crippen LogP contribution is 2.36. The molecule has 6 nitrogen and oxygen atoms in total. The average molecular weight is 407 g/mol. The van der Waals surface area contributed by atoms with Gasteiger partial charge in [-0.05, 0) is 48.9 Å². The Labute approximate surface area is 161 Å². The first-order valence-electron chi connectivity index (χ1n) is 8.15. The number of hydrogen-bond donors (Lipinski definition) is 2. The van der Waals surface area contributed by atoms with E-state index in [1.807, 2.05) is 0 Å². The number of ether oxygens (including phenoxy) is 1. The Bertz CT molecular complexity index is 1130. The highest BCUT2D eigenvalue weighted by Gasteiger charge is 2.32. The van der Waals surface area contributed by atoms with Crippen LogP contribution in [0.1, 0.15) is 21.5 Å². The van der Waals surface area contributed by atoms with Crippen molar-refractivity contribution in [3.05, 3.63) is 81.5 Å². The maximum absolute atomic E-state index is 13.3. The fourth-order valence-corrected chi connectivity index (χ4v) is 2.46. The van der Waals surface area contributed by atoms with Gasteiger partial charge in [-0.15, -0.1) is 0 Å². The maximum Gasteiger partial charge on any atom is 0.416 e. The third kappa shape index (κ3) is 4.78. The van der Waals surface area contributed by atoms with Crippen molar-refractivity contribution < 1.29 is 27.1 Å². The van der Waals surface area contributed by atoms with Crippen LogP contribution in [0.5, 0.6) is 11.5 Å². The van der Waals surface area contributed by atoms with Gasteiger partial charge in [-0.3, -0.25) is 9.59 Å². The van der Waals surface area contributed by atoms with Crippen LogP contribution in [0.2, 0.25) is 0 Å². The molecule has 0 saturated heterocycles. The number of halogens is 4. The van der Waals surface area contributed by atoms with Crippen molar-refractivity contribution in [2.75, 3.05) is 5.32 Å². The molecule has 0 unspecified atom stereocenters. The van der Waals surface area contributed by atoms with Crippen LogP contribution >= 0.6 is 0 Å². The summed E-state index contributed by atoms with van der Waals surface area (Å²) in [5, 5.41) is 8.01. The topological polar surface area (TPSA) is 84.1 Å². The van der Waals surface area contributed by atoms with E-state index < -0.39 is 29.0 Å². The number of aryl methyl sites for hydroxylation is 1. The van der Waals surface area contributed by atoms with Crippen molar-refractivity contribution in [3.63, 3.8) is 0 Å². The summed E-state index contributed by atoms with van der Waals surface area (Å²) in [4.78, 5) is 23.9. The second kappa shape index (κ2) is 7.74. The lowest BCUT2D eigenvalue weighted by Crippen LogP contribution is -2.17. The second-order valence-electron chi connectivity index (χ2n) is 6.01. The molecule has 0 fully saturated rings.